The van der Waals surface area contributed by atoms with Crippen molar-refractivity contribution in [1.29, 1.82) is 0 Å². The van der Waals surface area contributed by atoms with E-state index in [4.69, 9.17) is 0 Å². The predicted octanol–water partition coefficient (Wildman–Crippen LogP) is 4.25. The summed E-state index contributed by atoms with van der Waals surface area (Å²) >= 11 is 0. The fourth-order valence-electron chi connectivity index (χ4n) is 1.75. The summed E-state index contributed by atoms with van der Waals surface area (Å²) in [7, 11) is 0. The Morgan fingerprint density at radius 3 is 2.40 bits per heavy atom. The van der Waals surface area contributed by atoms with Gasteiger partial charge in [0.15, 0.2) is 0 Å². The SMILES string of the molecule is CC.CCc1ccc2c(ccn2CC)c1. The number of hydrogen-bond acceptors (Lipinski definition) is 0. The maximum absolute atomic E-state index is 2.28. The van der Waals surface area contributed by atoms with Gasteiger partial charge in [0.2, 0.25) is 0 Å². The Morgan fingerprint density at radius 2 is 1.80 bits per heavy atom. The van der Waals surface area contributed by atoms with Gasteiger partial charge in [-0.1, -0.05) is 26.8 Å². The van der Waals surface area contributed by atoms with Crippen LogP contribution in [0, 0.1) is 0 Å². The quantitative estimate of drug-likeness (QED) is 0.687. The second-order valence-electron chi connectivity index (χ2n) is 3.35. The minimum atomic E-state index is 1.05. The van der Waals surface area contributed by atoms with Gasteiger partial charge in [0, 0.05) is 18.3 Å². The number of aromatic nitrogens is 1. The van der Waals surface area contributed by atoms with Crippen LogP contribution < -0.4 is 0 Å². The van der Waals surface area contributed by atoms with Crippen LogP contribution in [0.2, 0.25) is 0 Å². The summed E-state index contributed by atoms with van der Waals surface area (Å²) in [5.41, 5.74) is 2.76. The number of aryl methyl sites for hydroxylation is 2. The van der Waals surface area contributed by atoms with Gasteiger partial charge in [0.05, 0.1) is 0 Å². The largest absolute Gasteiger partial charge is 0.348 e. The lowest BCUT2D eigenvalue weighted by Crippen LogP contribution is -1.90. The van der Waals surface area contributed by atoms with Crippen LogP contribution in [0.15, 0.2) is 30.5 Å². The fourth-order valence-corrected chi connectivity index (χ4v) is 1.75. The van der Waals surface area contributed by atoms with Gasteiger partial charge >= 0.3 is 0 Å². The predicted molar refractivity (Wildman–Crippen MR) is 68.3 cm³/mol. The molecule has 1 aromatic carbocycles. The van der Waals surface area contributed by atoms with Crippen LogP contribution in [0.4, 0.5) is 0 Å². The smallest absolute Gasteiger partial charge is 0.0480 e. The molecule has 1 heterocycles. The van der Waals surface area contributed by atoms with Crippen molar-refractivity contribution < 1.29 is 0 Å². The van der Waals surface area contributed by atoms with Crippen LogP contribution in [0.25, 0.3) is 10.9 Å². The lowest BCUT2D eigenvalue weighted by Gasteiger charge is -2.01. The van der Waals surface area contributed by atoms with E-state index < -0.39 is 0 Å². The van der Waals surface area contributed by atoms with Gasteiger partial charge in [0.25, 0.3) is 0 Å². The van der Waals surface area contributed by atoms with E-state index in [9.17, 15) is 0 Å². The molecule has 2 aromatic rings. The number of fused-ring (bicyclic) bond motifs is 1. The Bertz CT molecular complexity index is 412. The Morgan fingerprint density at radius 1 is 1.07 bits per heavy atom. The first-order valence-corrected chi connectivity index (χ1v) is 5.93. The third kappa shape index (κ3) is 2.41. The monoisotopic (exact) mass is 203 g/mol. The molecule has 0 saturated heterocycles. The van der Waals surface area contributed by atoms with Gasteiger partial charge in [0.1, 0.15) is 0 Å². The summed E-state index contributed by atoms with van der Waals surface area (Å²) in [6.07, 6.45) is 3.28. The van der Waals surface area contributed by atoms with Crippen molar-refractivity contribution in [1.82, 2.24) is 4.57 Å². The summed E-state index contributed by atoms with van der Waals surface area (Å²) in [4.78, 5) is 0. The molecule has 1 heteroatoms. The van der Waals surface area contributed by atoms with Crippen LogP contribution in [0.5, 0.6) is 0 Å². The van der Waals surface area contributed by atoms with Crippen LogP contribution in [-0.2, 0) is 13.0 Å². The molecule has 0 fully saturated rings. The topological polar surface area (TPSA) is 4.93 Å². The van der Waals surface area contributed by atoms with Gasteiger partial charge in [-0.3, -0.25) is 0 Å². The van der Waals surface area contributed by atoms with Crippen molar-refractivity contribution in [2.24, 2.45) is 0 Å². The third-order valence-electron chi connectivity index (χ3n) is 2.58. The van der Waals surface area contributed by atoms with E-state index in [0.717, 1.165) is 13.0 Å². The minimum Gasteiger partial charge on any atom is -0.348 e. The number of hydrogen-bond donors (Lipinski definition) is 0. The lowest BCUT2D eigenvalue weighted by molar-refractivity contribution is 0.797. The third-order valence-corrected chi connectivity index (χ3v) is 2.58. The molecule has 0 amide bonds. The van der Waals surface area contributed by atoms with E-state index in [-0.39, 0.29) is 0 Å². The van der Waals surface area contributed by atoms with E-state index in [1.54, 1.807) is 0 Å². The number of benzene rings is 1. The second-order valence-corrected chi connectivity index (χ2v) is 3.35. The molecular weight excluding hydrogens is 182 g/mol. The van der Waals surface area contributed by atoms with E-state index in [0.29, 0.717) is 0 Å². The molecule has 82 valence electrons. The molecule has 0 aliphatic carbocycles. The van der Waals surface area contributed by atoms with Crippen LogP contribution in [-0.4, -0.2) is 4.57 Å². The molecule has 1 nitrogen and oxygen atoms in total. The van der Waals surface area contributed by atoms with Crippen molar-refractivity contribution in [2.45, 2.75) is 40.7 Å². The maximum atomic E-state index is 2.28. The van der Waals surface area contributed by atoms with Crippen molar-refractivity contribution in [3.05, 3.63) is 36.0 Å². The Balaban J connectivity index is 0.000000531. The Hall–Kier alpha value is -1.24. The number of nitrogens with zero attached hydrogens (tertiary/aromatic N) is 1. The van der Waals surface area contributed by atoms with Gasteiger partial charge < -0.3 is 4.57 Å². The highest BCUT2D eigenvalue weighted by Crippen LogP contribution is 2.17. The maximum Gasteiger partial charge on any atom is 0.0480 e. The van der Waals surface area contributed by atoms with E-state index in [1.807, 2.05) is 13.8 Å². The molecule has 0 saturated carbocycles. The van der Waals surface area contributed by atoms with Gasteiger partial charge in [-0.2, -0.15) is 0 Å². The summed E-state index contributed by atoms with van der Waals surface area (Å²) in [6, 6.07) is 8.91. The molecule has 0 aliphatic heterocycles. The zero-order chi connectivity index (χ0) is 11.3. The molecule has 0 bridgehead atoms. The van der Waals surface area contributed by atoms with Gasteiger partial charge in [-0.25, -0.2) is 0 Å². The summed E-state index contributed by atoms with van der Waals surface area (Å²) in [5, 5.41) is 1.36. The van der Waals surface area contributed by atoms with Crippen LogP contribution in [0.3, 0.4) is 0 Å². The highest BCUT2D eigenvalue weighted by Gasteiger charge is 1.99. The average molecular weight is 203 g/mol. The highest BCUT2D eigenvalue weighted by atomic mass is 14.9. The molecule has 0 unspecified atom stereocenters. The van der Waals surface area contributed by atoms with Crippen molar-refractivity contribution in [3.8, 4) is 0 Å². The molecule has 0 spiro atoms. The van der Waals surface area contributed by atoms with E-state index in [2.05, 4.69) is 48.9 Å². The van der Waals surface area contributed by atoms with Crippen LogP contribution in [0.1, 0.15) is 33.3 Å². The molecule has 2 rings (SSSR count). The molecule has 1 aromatic heterocycles. The zero-order valence-corrected chi connectivity index (χ0v) is 10.2. The van der Waals surface area contributed by atoms with Crippen LogP contribution >= 0.6 is 0 Å². The zero-order valence-electron chi connectivity index (χ0n) is 10.2. The van der Waals surface area contributed by atoms with Gasteiger partial charge in [-0.05, 0) is 42.5 Å². The first-order chi connectivity index (χ1) is 7.35. The molecular formula is C14H21N. The van der Waals surface area contributed by atoms with E-state index in [1.165, 1.54) is 16.5 Å². The average Bonchev–Trinajstić information content (AvgIpc) is 2.73. The van der Waals surface area contributed by atoms with E-state index >= 15 is 0 Å². The first-order valence-electron chi connectivity index (χ1n) is 5.93. The fraction of sp³-hybridized carbons (Fsp3) is 0.429. The lowest BCUT2D eigenvalue weighted by atomic mass is 10.1. The summed E-state index contributed by atoms with van der Waals surface area (Å²) in [6.45, 7) is 9.42. The first kappa shape index (κ1) is 11.8. The normalized spacial score (nSPS) is 9.87. The van der Waals surface area contributed by atoms with Crippen molar-refractivity contribution >= 4 is 10.9 Å². The van der Waals surface area contributed by atoms with Crippen molar-refractivity contribution in [2.75, 3.05) is 0 Å². The summed E-state index contributed by atoms with van der Waals surface area (Å²) < 4.78 is 2.27. The van der Waals surface area contributed by atoms with Gasteiger partial charge in [-0.15, -0.1) is 0 Å². The highest BCUT2D eigenvalue weighted by molar-refractivity contribution is 5.80. The number of rotatable bonds is 2. The Labute approximate surface area is 92.7 Å². The second kappa shape index (κ2) is 5.59. The summed E-state index contributed by atoms with van der Waals surface area (Å²) in [5.74, 6) is 0. The molecule has 15 heavy (non-hydrogen) atoms. The molecule has 0 radical (unpaired) electrons. The molecule has 0 atom stereocenters. The Kier molecular flexibility index (Phi) is 4.41. The minimum absolute atomic E-state index is 1.05. The molecule has 0 aliphatic rings. The van der Waals surface area contributed by atoms with Crippen molar-refractivity contribution in [3.63, 3.8) is 0 Å². The standard InChI is InChI=1S/C12H15N.C2H6/c1-3-10-5-6-12-11(9-10)7-8-13(12)4-2;1-2/h5-9H,3-4H2,1-2H3;1-2H3. The molecule has 0 N–H and O–H groups in total.